The van der Waals surface area contributed by atoms with Gasteiger partial charge in [0.05, 0.1) is 17.3 Å². The van der Waals surface area contributed by atoms with Gasteiger partial charge in [-0.3, -0.25) is 4.90 Å². The lowest BCUT2D eigenvalue weighted by Gasteiger charge is -2.31. The molecule has 1 saturated heterocycles. The number of aliphatic carboxylic acids is 1. The Morgan fingerprint density at radius 1 is 0.971 bits per heavy atom. The van der Waals surface area contributed by atoms with Gasteiger partial charge >= 0.3 is 18.1 Å². The Hall–Kier alpha value is -2.95. The number of benzene rings is 1. The van der Waals surface area contributed by atoms with Crippen LogP contribution in [0.3, 0.4) is 0 Å². The average molecular weight is 483 g/mol. The van der Waals surface area contributed by atoms with Crippen molar-refractivity contribution in [2.45, 2.75) is 69.6 Å². The molecule has 4 rings (SSSR count). The summed E-state index contributed by atoms with van der Waals surface area (Å²) in [6.07, 6.45) is 5.81. The summed E-state index contributed by atoms with van der Waals surface area (Å²) in [6, 6.07) is 7.66. The second-order valence-corrected chi connectivity index (χ2v) is 8.77. The van der Waals surface area contributed by atoms with Gasteiger partial charge in [0, 0.05) is 31.7 Å². The first kappa shape index (κ1) is 25.7. The van der Waals surface area contributed by atoms with Gasteiger partial charge in [-0.15, -0.1) is 5.10 Å². The van der Waals surface area contributed by atoms with Gasteiger partial charge in [0.1, 0.15) is 0 Å². The maximum Gasteiger partial charge on any atom is 0.490 e. The molecule has 2 heterocycles. The summed E-state index contributed by atoms with van der Waals surface area (Å²) < 4.78 is 33.8. The molecule has 0 bridgehead atoms. The van der Waals surface area contributed by atoms with Gasteiger partial charge in [0.2, 0.25) is 0 Å². The molecule has 8 nitrogen and oxygen atoms in total. The molecule has 2 aliphatic rings. The highest BCUT2D eigenvalue weighted by Gasteiger charge is 2.38. The number of carboxylic acids is 2. The lowest BCUT2D eigenvalue weighted by atomic mass is 9.87. The number of aromatic nitrogens is 3. The maximum absolute atomic E-state index is 11.0. The zero-order chi connectivity index (χ0) is 24.7. The minimum atomic E-state index is -5.08. The van der Waals surface area contributed by atoms with Crippen molar-refractivity contribution in [3.05, 3.63) is 47.3 Å². The number of rotatable bonds is 5. The van der Waals surface area contributed by atoms with Crippen LogP contribution in [0.25, 0.3) is 0 Å². The second kappa shape index (κ2) is 11.5. The molecule has 2 aromatic rings. The number of aromatic carboxylic acids is 1. The number of piperidine rings is 1. The van der Waals surface area contributed by atoms with Crippen LogP contribution in [0.2, 0.25) is 0 Å². The summed E-state index contributed by atoms with van der Waals surface area (Å²) in [4.78, 5) is 22.3. The van der Waals surface area contributed by atoms with Crippen LogP contribution in [0, 0.1) is 0 Å². The van der Waals surface area contributed by atoms with Crippen molar-refractivity contribution in [1.82, 2.24) is 19.9 Å². The summed E-state index contributed by atoms with van der Waals surface area (Å²) in [5.74, 6) is -3.02. The first-order valence-electron chi connectivity index (χ1n) is 11.4. The molecule has 11 heteroatoms. The number of nitrogens with zero attached hydrogens (tertiary/aromatic N) is 4. The summed E-state index contributed by atoms with van der Waals surface area (Å²) in [6.45, 7) is 2.94. The lowest BCUT2D eigenvalue weighted by Crippen LogP contribution is -2.34. The van der Waals surface area contributed by atoms with Gasteiger partial charge in [-0.1, -0.05) is 36.6 Å². The summed E-state index contributed by atoms with van der Waals surface area (Å²) in [7, 11) is 0. The van der Waals surface area contributed by atoms with Crippen molar-refractivity contribution in [3.63, 3.8) is 0 Å². The number of carbonyl (C=O) groups is 2. The first-order chi connectivity index (χ1) is 16.1. The molecular formula is C23H29F3N4O4. The highest BCUT2D eigenvalue weighted by molar-refractivity contribution is 5.87. The molecule has 2 N–H and O–H groups in total. The van der Waals surface area contributed by atoms with E-state index in [1.807, 2.05) is 12.1 Å². The first-order valence-corrected chi connectivity index (χ1v) is 11.4. The van der Waals surface area contributed by atoms with Crippen LogP contribution in [0.5, 0.6) is 0 Å². The van der Waals surface area contributed by atoms with E-state index < -0.39 is 18.1 Å². The summed E-state index contributed by atoms with van der Waals surface area (Å²) >= 11 is 0. The van der Waals surface area contributed by atoms with Gasteiger partial charge in [-0.2, -0.15) is 13.2 Å². The van der Waals surface area contributed by atoms with Crippen LogP contribution in [-0.4, -0.2) is 61.3 Å². The highest BCUT2D eigenvalue weighted by Crippen LogP contribution is 2.32. The third-order valence-electron chi connectivity index (χ3n) is 6.33. The monoisotopic (exact) mass is 482 g/mol. The normalized spacial score (nSPS) is 18.2. The van der Waals surface area contributed by atoms with Crippen LogP contribution in [0.15, 0.2) is 30.5 Å². The predicted molar refractivity (Wildman–Crippen MR) is 116 cm³/mol. The topological polar surface area (TPSA) is 109 Å². The van der Waals surface area contributed by atoms with E-state index in [-0.39, 0.29) is 0 Å². The molecule has 186 valence electrons. The Morgan fingerprint density at radius 3 is 2.09 bits per heavy atom. The summed E-state index contributed by atoms with van der Waals surface area (Å²) in [5, 5.41) is 25.0. The molecule has 1 aromatic heterocycles. The minimum absolute atomic E-state index is 0.345. The molecule has 1 aliphatic heterocycles. The van der Waals surface area contributed by atoms with Gasteiger partial charge in [-0.25, -0.2) is 14.3 Å². The predicted octanol–water partition coefficient (Wildman–Crippen LogP) is 4.49. The Kier molecular flexibility index (Phi) is 8.65. The number of alkyl halides is 3. The van der Waals surface area contributed by atoms with Crippen LogP contribution < -0.4 is 0 Å². The molecule has 1 aliphatic carbocycles. The van der Waals surface area contributed by atoms with Crippen LogP contribution in [0.1, 0.15) is 78.5 Å². The third kappa shape index (κ3) is 7.28. The van der Waals surface area contributed by atoms with Crippen LogP contribution in [-0.2, 0) is 11.3 Å². The largest absolute Gasteiger partial charge is 0.490 e. The van der Waals surface area contributed by atoms with Gasteiger partial charge in [0.25, 0.3) is 0 Å². The number of hydrogen-bond donors (Lipinski definition) is 2. The fourth-order valence-corrected chi connectivity index (χ4v) is 4.41. The van der Waals surface area contributed by atoms with Gasteiger partial charge in [-0.05, 0) is 43.4 Å². The van der Waals surface area contributed by atoms with E-state index in [0.29, 0.717) is 17.5 Å². The van der Waals surface area contributed by atoms with E-state index in [2.05, 4.69) is 26.1 Å². The Morgan fingerprint density at radius 2 is 1.56 bits per heavy atom. The number of likely N-dealkylation sites (tertiary alicyclic amines) is 1. The molecule has 0 radical (unpaired) electrons. The Balaban J connectivity index is 0.000000406. The molecule has 1 saturated carbocycles. The standard InChI is InChI=1S/C21H28N4O2.C2HF3O2/c26-21(27)18-8-6-16(7-9-18)14-24-12-10-19(11-13-24)25-15-20(22-23-25)17-4-2-1-3-5-17;3-2(4,5)1(6)7/h6-9,15,17,19H,1-5,10-14H2,(H,26,27);(H,6,7). The average Bonchev–Trinajstić information content (AvgIpc) is 3.31. The second-order valence-electron chi connectivity index (χ2n) is 8.77. The van der Waals surface area contributed by atoms with Crippen molar-refractivity contribution in [3.8, 4) is 0 Å². The van der Waals surface area contributed by atoms with Crippen LogP contribution >= 0.6 is 0 Å². The van der Waals surface area contributed by atoms with Gasteiger partial charge in [0.15, 0.2) is 0 Å². The number of hydrogen-bond acceptors (Lipinski definition) is 5. The van der Waals surface area contributed by atoms with Crippen molar-refractivity contribution in [1.29, 1.82) is 0 Å². The molecule has 0 unspecified atom stereocenters. The molecule has 2 fully saturated rings. The lowest BCUT2D eigenvalue weighted by molar-refractivity contribution is -0.192. The van der Waals surface area contributed by atoms with Crippen molar-refractivity contribution >= 4 is 11.9 Å². The molecule has 1 aromatic carbocycles. The van der Waals surface area contributed by atoms with E-state index in [1.165, 1.54) is 43.4 Å². The fraction of sp³-hybridized carbons (Fsp3) is 0.565. The zero-order valence-electron chi connectivity index (χ0n) is 18.7. The minimum Gasteiger partial charge on any atom is -0.478 e. The van der Waals surface area contributed by atoms with Crippen molar-refractivity contribution in [2.75, 3.05) is 13.1 Å². The van der Waals surface area contributed by atoms with Crippen molar-refractivity contribution < 1.29 is 33.0 Å². The van der Waals surface area contributed by atoms with Crippen LogP contribution in [0.4, 0.5) is 13.2 Å². The fourth-order valence-electron chi connectivity index (χ4n) is 4.41. The van der Waals surface area contributed by atoms with Crippen molar-refractivity contribution in [2.24, 2.45) is 0 Å². The summed E-state index contributed by atoms with van der Waals surface area (Å²) in [5.41, 5.74) is 2.70. The maximum atomic E-state index is 11.0. The van der Waals surface area contributed by atoms with Gasteiger partial charge < -0.3 is 10.2 Å². The highest BCUT2D eigenvalue weighted by atomic mass is 19.4. The van der Waals surface area contributed by atoms with E-state index in [9.17, 15) is 18.0 Å². The molecule has 34 heavy (non-hydrogen) atoms. The zero-order valence-corrected chi connectivity index (χ0v) is 18.7. The molecule has 0 amide bonds. The van der Waals surface area contributed by atoms with E-state index >= 15 is 0 Å². The van der Waals surface area contributed by atoms with E-state index in [0.717, 1.165) is 32.5 Å². The quantitative estimate of drug-likeness (QED) is 0.646. The SMILES string of the molecule is O=C(O)C(F)(F)F.O=C(O)c1ccc(CN2CCC(n3cc(C4CCCCC4)nn3)CC2)cc1. The molecular weight excluding hydrogens is 453 g/mol. The molecule has 0 atom stereocenters. The third-order valence-corrected chi connectivity index (χ3v) is 6.33. The number of carboxylic acid groups (broad SMARTS) is 2. The Bertz CT molecular complexity index is 948. The smallest absolute Gasteiger partial charge is 0.478 e. The van der Waals surface area contributed by atoms with E-state index in [4.69, 9.17) is 15.0 Å². The number of halogens is 3. The Labute approximate surface area is 195 Å². The molecule has 0 spiro atoms. The van der Waals surface area contributed by atoms with E-state index in [1.54, 1.807) is 12.1 Å².